The summed E-state index contributed by atoms with van der Waals surface area (Å²) < 4.78 is 22.9. The van der Waals surface area contributed by atoms with Gasteiger partial charge < -0.3 is 28.7 Å². The van der Waals surface area contributed by atoms with Crippen molar-refractivity contribution in [1.29, 1.82) is 0 Å². The van der Waals surface area contributed by atoms with Crippen LogP contribution in [0.1, 0.15) is 246 Å². The molecule has 0 aliphatic heterocycles. The van der Waals surface area contributed by atoms with Gasteiger partial charge in [-0.3, -0.25) is 0 Å². The zero-order valence-corrected chi connectivity index (χ0v) is 40.2. The molecule has 0 N–H and O–H groups in total. The van der Waals surface area contributed by atoms with Crippen LogP contribution < -0.4 is 19.6 Å². The summed E-state index contributed by atoms with van der Waals surface area (Å²) in [5, 5.41) is 0. The van der Waals surface area contributed by atoms with Gasteiger partial charge in [0.1, 0.15) is 0 Å². The zero-order chi connectivity index (χ0) is 36.2. The second kappa shape index (κ2) is 44.5. The predicted molar refractivity (Wildman–Crippen MR) is 214 cm³/mol. The topological polar surface area (TPSA) is 126 Å². The van der Waals surface area contributed by atoms with Crippen LogP contribution in [-0.4, -0.2) is 86.8 Å². The summed E-state index contributed by atoms with van der Waals surface area (Å²) >= 11 is 0. The quantitative estimate of drug-likeness (QED) is 0.0353. The van der Waals surface area contributed by atoms with Gasteiger partial charge in [-0.15, -0.1) is 0 Å². The Morgan fingerprint density at radius 3 is 0.580 bits per heavy atom. The fourth-order valence-corrected chi connectivity index (χ4v) is 8.62. The van der Waals surface area contributed by atoms with Crippen molar-refractivity contribution in [1.82, 2.24) is 0 Å². The van der Waals surface area contributed by atoms with Gasteiger partial charge in [0.25, 0.3) is 0 Å². The van der Waals surface area contributed by atoms with Crippen molar-refractivity contribution in [3.8, 4) is 0 Å². The van der Waals surface area contributed by atoms with E-state index in [0.29, 0.717) is 25.7 Å². The average molecular weight is 801 g/mol. The summed E-state index contributed by atoms with van der Waals surface area (Å²) in [4.78, 5) is 45.8. The van der Waals surface area contributed by atoms with E-state index in [4.69, 9.17) is 0 Å². The largest absolute Gasteiger partial charge is 2.00 e. The van der Waals surface area contributed by atoms with Crippen LogP contribution in [0.4, 0.5) is 0 Å². The van der Waals surface area contributed by atoms with E-state index >= 15 is 0 Å². The van der Waals surface area contributed by atoms with Gasteiger partial charge in [0, 0.05) is 0 Å². The van der Waals surface area contributed by atoms with E-state index < -0.39 is 26.5 Å². The SMILES string of the molecule is CCCCCCCCCCC(CCCCCCCCC)P(=O)([O-])[O-].CCCCCCCCCCC(CCCCCCCCC)P(=O)([O-])[O-].[Ca+2].[Ca+2]. The Hall–Kier alpha value is 2.82. The molecule has 0 spiro atoms. The first-order valence-corrected chi connectivity index (χ1v) is 24.3. The number of unbranched alkanes of at least 4 members (excludes halogenated alkanes) is 26. The Morgan fingerprint density at radius 1 is 0.300 bits per heavy atom. The summed E-state index contributed by atoms with van der Waals surface area (Å²) in [5.74, 6) is 0. The van der Waals surface area contributed by atoms with Crippen LogP contribution in [0.2, 0.25) is 0 Å². The molecule has 50 heavy (non-hydrogen) atoms. The Kier molecular flexibility index (Phi) is 53.0. The van der Waals surface area contributed by atoms with Crippen molar-refractivity contribution in [2.45, 2.75) is 257 Å². The maximum absolute atomic E-state index is 11.4. The van der Waals surface area contributed by atoms with Crippen molar-refractivity contribution in [3.63, 3.8) is 0 Å². The summed E-state index contributed by atoms with van der Waals surface area (Å²) in [6.45, 7) is 8.84. The van der Waals surface area contributed by atoms with Crippen LogP contribution >= 0.6 is 15.2 Å². The molecule has 2 unspecified atom stereocenters. The molecule has 0 aromatic heterocycles. The van der Waals surface area contributed by atoms with Crippen molar-refractivity contribution in [3.05, 3.63) is 0 Å². The van der Waals surface area contributed by atoms with Gasteiger partial charge in [0.15, 0.2) is 0 Å². The van der Waals surface area contributed by atoms with Gasteiger partial charge in [-0.2, -0.15) is 0 Å². The van der Waals surface area contributed by atoms with Crippen LogP contribution in [0.15, 0.2) is 0 Å². The Morgan fingerprint density at radius 2 is 0.440 bits per heavy atom. The first kappa shape index (κ1) is 59.5. The molecule has 292 valence electrons. The van der Waals surface area contributed by atoms with Crippen LogP contribution in [0.25, 0.3) is 0 Å². The minimum absolute atomic E-state index is 0. The summed E-state index contributed by atoms with van der Waals surface area (Å²) in [5.41, 5.74) is -1.23. The van der Waals surface area contributed by atoms with Crippen molar-refractivity contribution < 1.29 is 28.7 Å². The molecule has 6 nitrogen and oxygen atoms in total. The van der Waals surface area contributed by atoms with E-state index in [1.165, 1.54) is 141 Å². The zero-order valence-electron chi connectivity index (χ0n) is 34.0. The smallest absolute Gasteiger partial charge is 0.811 e. The molecule has 0 aromatic carbocycles. The van der Waals surface area contributed by atoms with Crippen molar-refractivity contribution in [2.24, 2.45) is 0 Å². The first-order valence-electron chi connectivity index (χ1n) is 21.1. The molecule has 0 aliphatic carbocycles. The molecule has 0 radical (unpaired) electrons. The molecule has 0 fully saturated rings. The Balaban J connectivity index is -0.000000407. The van der Waals surface area contributed by atoms with Crippen LogP contribution in [0, 0.1) is 0 Å². The van der Waals surface area contributed by atoms with Crippen LogP contribution in [-0.2, 0) is 9.13 Å². The van der Waals surface area contributed by atoms with E-state index in [2.05, 4.69) is 27.7 Å². The number of rotatable bonds is 36. The third kappa shape index (κ3) is 45.2. The van der Waals surface area contributed by atoms with E-state index in [-0.39, 0.29) is 75.5 Å². The molecule has 0 rings (SSSR count). The maximum atomic E-state index is 11.4. The fraction of sp³-hybridized carbons (Fsp3) is 1.00. The molecular formula is C40H82Ca2O6P2. The molecule has 0 aromatic rings. The molecular weight excluding hydrogens is 719 g/mol. The van der Waals surface area contributed by atoms with Gasteiger partial charge in [-0.1, -0.05) is 236 Å². The second-order valence-electron chi connectivity index (χ2n) is 14.7. The second-order valence-corrected chi connectivity index (χ2v) is 18.4. The van der Waals surface area contributed by atoms with E-state index in [1.807, 2.05) is 0 Å². The fourth-order valence-electron chi connectivity index (χ4n) is 6.62. The molecule has 0 aliphatic rings. The Labute approximate surface area is 372 Å². The minimum atomic E-state index is -4.41. The third-order valence-corrected chi connectivity index (χ3v) is 12.8. The van der Waals surface area contributed by atoms with Gasteiger partial charge in [-0.25, -0.2) is 0 Å². The Bertz CT molecular complexity index is 675. The molecule has 10 heteroatoms. The van der Waals surface area contributed by atoms with Crippen molar-refractivity contribution in [2.75, 3.05) is 0 Å². The number of hydrogen-bond donors (Lipinski definition) is 0. The maximum Gasteiger partial charge on any atom is 2.00 e. The standard InChI is InChI=1S/2C20H43O3P.2Ca/c2*1-3-5-7-9-11-13-15-17-19-20(24(21,22)23)18-16-14-12-10-8-6-4-2;;/h2*20H,3-19H2,1-2H3,(H2,21,22,23);;/q;;2*+2/p-4. The van der Waals surface area contributed by atoms with E-state index in [1.54, 1.807) is 0 Å². The average Bonchev–Trinajstić information content (AvgIpc) is 3.03. The monoisotopic (exact) mass is 800 g/mol. The minimum Gasteiger partial charge on any atom is -0.811 e. The van der Waals surface area contributed by atoms with Gasteiger partial charge >= 0.3 is 75.5 Å². The summed E-state index contributed by atoms with van der Waals surface area (Å²) in [7, 11) is -8.82. The predicted octanol–water partition coefficient (Wildman–Crippen LogP) is 11.1. The van der Waals surface area contributed by atoms with Gasteiger partial charge in [0.05, 0.1) is 0 Å². The molecule has 0 saturated carbocycles. The summed E-state index contributed by atoms with van der Waals surface area (Å²) in [6, 6.07) is 0. The first-order chi connectivity index (χ1) is 23.0. The van der Waals surface area contributed by atoms with Crippen LogP contribution in [0.5, 0.6) is 0 Å². The molecule has 0 bridgehead atoms. The normalized spacial score (nSPS) is 12.8. The summed E-state index contributed by atoms with van der Waals surface area (Å²) in [6.07, 6.45) is 37.8. The number of hydrogen-bond acceptors (Lipinski definition) is 6. The van der Waals surface area contributed by atoms with E-state index in [0.717, 1.165) is 51.4 Å². The third-order valence-electron chi connectivity index (χ3n) is 9.96. The van der Waals surface area contributed by atoms with Crippen LogP contribution in [0.3, 0.4) is 0 Å². The van der Waals surface area contributed by atoms with Gasteiger partial charge in [0.2, 0.25) is 0 Å². The van der Waals surface area contributed by atoms with E-state index in [9.17, 15) is 28.7 Å². The molecule has 0 heterocycles. The molecule has 2 atom stereocenters. The van der Waals surface area contributed by atoms with Crippen molar-refractivity contribution >= 4 is 90.7 Å². The molecule has 0 saturated heterocycles. The molecule has 0 amide bonds. The van der Waals surface area contributed by atoms with Gasteiger partial charge in [-0.05, 0) is 37.0 Å².